The highest BCUT2D eigenvalue weighted by molar-refractivity contribution is 7.92. The molecule has 0 unspecified atom stereocenters. The van der Waals surface area contributed by atoms with E-state index >= 15 is 0 Å². The van der Waals surface area contributed by atoms with E-state index in [2.05, 4.69) is 8.53 Å². The molecule has 0 aliphatic rings. The minimum absolute atomic E-state index is 0.325. The highest BCUT2D eigenvalue weighted by Crippen LogP contribution is 2.53. The molecule has 0 radical (unpaired) electrons. The first-order chi connectivity index (χ1) is 8.63. The molecule has 0 aliphatic carbocycles. The van der Waals surface area contributed by atoms with Crippen molar-refractivity contribution in [3.05, 3.63) is 29.8 Å². The van der Waals surface area contributed by atoms with Crippen LogP contribution in [0.5, 0.6) is 5.75 Å². The number of hydrogen-bond acceptors (Lipinski definition) is 4. The van der Waals surface area contributed by atoms with Crippen LogP contribution in [0.2, 0.25) is 0 Å². The fraction of sp³-hybridized carbons (Fsp3) is 0.417. The number of benzene rings is 1. The van der Waals surface area contributed by atoms with Crippen molar-refractivity contribution in [3.63, 3.8) is 0 Å². The second kappa shape index (κ2) is 7.70. The predicted octanol–water partition coefficient (Wildman–Crippen LogP) is 3.81. The molecule has 18 heavy (non-hydrogen) atoms. The summed E-state index contributed by atoms with van der Waals surface area (Å²) in [7, 11) is 1.39. The molecule has 0 saturated carbocycles. The van der Waals surface area contributed by atoms with E-state index in [0.717, 1.165) is 6.29 Å². The van der Waals surface area contributed by atoms with E-state index in [0.29, 0.717) is 30.9 Å². The Bertz CT molecular complexity index is 407. The molecule has 0 amide bonds. The molecule has 0 heterocycles. The molecule has 4 nitrogen and oxygen atoms in total. The first-order valence-corrected chi connectivity index (χ1v) is 8.89. The van der Waals surface area contributed by atoms with Crippen LogP contribution in [-0.2, 0) is 9.05 Å². The minimum atomic E-state index is -2.14. The Morgan fingerprint density at radius 2 is 1.72 bits per heavy atom. The van der Waals surface area contributed by atoms with Crippen LogP contribution in [0.15, 0.2) is 24.3 Å². The van der Waals surface area contributed by atoms with Crippen molar-refractivity contribution < 1.29 is 18.6 Å². The quantitative estimate of drug-likeness (QED) is 0.539. The van der Waals surface area contributed by atoms with Gasteiger partial charge in [-0.25, -0.2) is 0 Å². The lowest BCUT2D eigenvalue weighted by molar-refractivity contribution is 0.112. The van der Waals surface area contributed by atoms with Gasteiger partial charge >= 0.3 is 0 Å². The molecule has 1 aromatic rings. The minimum Gasteiger partial charge on any atom is -0.484 e. The number of carbonyl (C=O) groups is 1. The number of carbonyl (C=O) groups excluding carboxylic acids is 1. The summed E-state index contributed by atoms with van der Waals surface area (Å²) in [6.07, 6.45) is 1.12. The topological polar surface area (TPSA) is 44.8 Å². The largest absolute Gasteiger partial charge is 0.484 e. The van der Waals surface area contributed by atoms with Crippen molar-refractivity contribution in [3.8, 4) is 5.75 Å². The average molecular weight is 288 g/mol. The molecule has 1 rings (SSSR count). The zero-order chi connectivity index (χ0) is 13.4. The maximum absolute atomic E-state index is 10.5. The summed E-state index contributed by atoms with van der Waals surface area (Å²) in [5.74, 6) is 0.683. The third-order valence-electron chi connectivity index (χ3n) is 2.09. The average Bonchev–Trinajstić information content (AvgIpc) is 2.38. The van der Waals surface area contributed by atoms with Crippen molar-refractivity contribution in [1.82, 2.24) is 0 Å². The molecule has 0 bridgehead atoms. The molecule has 0 spiro atoms. The summed E-state index contributed by atoms with van der Waals surface area (Å²) in [6, 6.07) is 6.91. The van der Waals surface area contributed by atoms with Gasteiger partial charge < -0.3 is 13.8 Å². The van der Waals surface area contributed by atoms with Gasteiger partial charge in [-0.1, -0.05) is 8.53 Å². The Morgan fingerprint density at radius 1 is 1.17 bits per heavy atom. The Labute approximate surface area is 110 Å². The normalized spacial score (nSPS) is 11.2. The van der Waals surface area contributed by atoms with Gasteiger partial charge in [0.1, 0.15) is 12.0 Å². The number of hydrogen-bond donors (Lipinski definition) is 0. The van der Waals surface area contributed by atoms with Crippen LogP contribution < -0.4 is 4.74 Å². The van der Waals surface area contributed by atoms with Crippen LogP contribution >= 0.6 is 15.5 Å². The maximum atomic E-state index is 10.5. The van der Waals surface area contributed by atoms with Gasteiger partial charge in [0.05, 0.1) is 13.2 Å². The van der Waals surface area contributed by atoms with E-state index < -0.39 is 7.00 Å². The third kappa shape index (κ3) is 4.91. The van der Waals surface area contributed by atoms with Crippen LogP contribution in [0.4, 0.5) is 0 Å². The Morgan fingerprint density at radius 3 is 2.17 bits per heavy atom. The Balaban J connectivity index is 2.60. The highest BCUT2D eigenvalue weighted by Gasteiger charge is 2.16. The van der Waals surface area contributed by atoms with E-state index in [1.165, 1.54) is 0 Å². The molecular formula is C12H18O4P2. The molecule has 0 fully saturated rings. The van der Waals surface area contributed by atoms with E-state index in [1.807, 2.05) is 13.8 Å². The number of rotatable bonds is 8. The van der Waals surface area contributed by atoms with Gasteiger partial charge in [-0.2, -0.15) is 0 Å². The number of ether oxygens (including phenoxy) is 1. The van der Waals surface area contributed by atoms with Crippen molar-refractivity contribution in [2.75, 3.05) is 19.6 Å². The molecule has 0 saturated heterocycles. The molecule has 0 N–H and O–H groups in total. The molecule has 0 atom stereocenters. The highest BCUT2D eigenvalue weighted by atomic mass is 31.8. The van der Waals surface area contributed by atoms with E-state index in [1.54, 1.807) is 24.3 Å². The SMILES string of the molecule is CCOP(=P)(COc1ccc(C=O)cc1)OCC. The van der Waals surface area contributed by atoms with Crippen LogP contribution in [0.25, 0.3) is 0 Å². The lowest BCUT2D eigenvalue weighted by Crippen LogP contribution is -2.04. The zero-order valence-electron chi connectivity index (χ0n) is 10.6. The summed E-state index contributed by atoms with van der Waals surface area (Å²) in [5.41, 5.74) is 0.622. The van der Waals surface area contributed by atoms with Gasteiger partial charge in [0.25, 0.3) is 0 Å². The van der Waals surface area contributed by atoms with Gasteiger partial charge in [0, 0.05) is 5.56 Å². The fourth-order valence-electron chi connectivity index (χ4n) is 1.33. The molecular weight excluding hydrogens is 270 g/mol. The first-order valence-electron chi connectivity index (χ1n) is 5.74. The summed E-state index contributed by atoms with van der Waals surface area (Å²) >= 11 is 0. The molecule has 6 heteroatoms. The maximum Gasteiger partial charge on any atom is 0.180 e. The Hall–Kier alpha value is -0.660. The summed E-state index contributed by atoms with van der Waals surface area (Å²) in [4.78, 5) is 10.5. The summed E-state index contributed by atoms with van der Waals surface area (Å²) in [6.45, 7) is 4.94. The molecule has 0 aliphatic heterocycles. The van der Waals surface area contributed by atoms with E-state index in [4.69, 9.17) is 13.8 Å². The van der Waals surface area contributed by atoms with Gasteiger partial charge in [-0.05, 0) is 38.1 Å². The van der Waals surface area contributed by atoms with Crippen LogP contribution in [0.3, 0.4) is 0 Å². The van der Waals surface area contributed by atoms with Gasteiger partial charge in [0.2, 0.25) is 0 Å². The van der Waals surface area contributed by atoms with Crippen LogP contribution in [-0.4, -0.2) is 25.8 Å². The number of aldehydes is 1. The van der Waals surface area contributed by atoms with Crippen molar-refractivity contribution in [2.45, 2.75) is 13.8 Å². The van der Waals surface area contributed by atoms with Crippen LogP contribution in [0, 0.1) is 0 Å². The van der Waals surface area contributed by atoms with E-state index in [9.17, 15) is 4.79 Å². The van der Waals surface area contributed by atoms with Crippen LogP contribution in [0.1, 0.15) is 24.2 Å². The predicted molar refractivity (Wildman–Crippen MR) is 75.8 cm³/mol. The molecule has 0 aromatic heterocycles. The second-order valence-electron chi connectivity index (χ2n) is 3.47. The first kappa shape index (κ1) is 15.4. The van der Waals surface area contributed by atoms with Gasteiger partial charge in [-0.3, -0.25) is 4.79 Å². The monoisotopic (exact) mass is 288 g/mol. The fourth-order valence-corrected chi connectivity index (χ4v) is 3.68. The van der Waals surface area contributed by atoms with E-state index in [-0.39, 0.29) is 0 Å². The lowest BCUT2D eigenvalue weighted by atomic mass is 10.2. The third-order valence-corrected chi connectivity index (χ3v) is 5.07. The summed E-state index contributed by atoms with van der Waals surface area (Å²) in [5, 5.41) is 0. The Kier molecular flexibility index (Phi) is 6.59. The van der Waals surface area contributed by atoms with Gasteiger partial charge in [-0.15, -0.1) is 0 Å². The smallest absolute Gasteiger partial charge is 0.180 e. The van der Waals surface area contributed by atoms with Crippen molar-refractivity contribution in [2.24, 2.45) is 0 Å². The van der Waals surface area contributed by atoms with Gasteiger partial charge in [0.15, 0.2) is 13.4 Å². The molecule has 100 valence electrons. The van der Waals surface area contributed by atoms with Crippen molar-refractivity contribution in [1.29, 1.82) is 0 Å². The molecule has 1 aromatic carbocycles. The second-order valence-corrected chi connectivity index (χ2v) is 7.63. The summed E-state index contributed by atoms with van der Waals surface area (Å²) < 4.78 is 16.7. The standard InChI is InChI=1S/C12H18O4P2/c1-3-15-18(17,16-4-2)10-14-12-7-5-11(9-13)6-8-12/h5-9,17H,3-4,10H2,1-2H3. The zero-order valence-corrected chi connectivity index (χ0v) is 12.5. The lowest BCUT2D eigenvalue weighted by Gasteiger charge is -2.22. The van der Waals surface area contributed by atoms with Crippen molar-refractivity contribution >= 4 is 21.8 Å².